The summed E-state index contributed by atoms with van der Waals surface area (Å²) in [6.45, 7) is 7.15. The lowest BCUT2D eigenvalue weighted by Crippen LogP contribution is -2.57. The Labute approximate surface area is 128 Å². The van der Waals surface area contributed by atoms with E-state index in [2.05, 4.69) is 36.1 Å². The summed E-state index contributed by atoms with van der Waals surface area (Å²) in [5, 5.41) is 3.70. The second-order valence-corrected chi connectivity index (χ2v) is 6.98. The highest BCUT2D eigenvalue weighted by Crippen LogP contribution is 2.38. The highest BCUT2D eigenvalue weighted by atomic mass is 16.7. The first-order chi connectivity index (χ1) is 10.1. The SMILES string of the molecule is CCNC1CCC2(CC1N1CCC(N(C)C)C1)OCCO2. The Morgan fingerprint density at radius 3 is 2.62 bits per heavy atom. The molecule has 5 nitrogen and oxygen atoms in total. The van der Waals surface area contributed by atoms with Crippen LogP contribution in [0.4, 0.5) is 0 Å². The quantitative estimate of drug-likeness (QED) is 0.834. The summed E-state index contributed by atoms with van der Waals surface area (Å²) in [5.41, 5.74) is 0. The van der Waals surface area contributed by atoms with Crippen LogP contribution in [0.25, 0.3) is 0 Å². The van der Waals surface area contributed by atoms with Crippen molar-refractivity contribution in [1.82, 2.24) is 15.1 Å². The average Bonchev–Trinajstić information content (AvgIpc) is 3.11. The van der Waals surface area contributed by atoms with Crippen molar-refractivity contribution in [1.29, 1.82) is 0 Å². The molecule has 1 N–H and O–H groups in total. The minimum absolute atomic E-state index is 0.285. The van der Waals surface area contributed by atoms with E-state index in [1.165, 1.54) is 19.5 Å². The second-order valence-electron chi connectivity index (χ2n) is 6.98. The number of nitrogens with one attached hydrogen (secondary N) is 1. The number of likely N-dealkylation sites (tertiary alicyclic amines) is 1. The third kappa shape index (κ3) is 3.27. The minimum Gasteiger partial charge on any atom is -0.347 e. The molecule has 2 saturated heterocycles. The lowest BCUT2D eigenvalue weighted by Gasteiger charge is -2.45. The van der Waals surface area contributed by atoms with Gasteiger partial charge >= 0.3 is 0 Å². The number of ether oxygens (including phenoxy) is 2. The maximum atomic E-state index is 5.98. The van der Waals surface area contributed by atoms with Gasteiger partial charge in [-0.15, -0.1) is 0 Å². The fraction of sp³-hybridized carbons (Fsp3) is 1.00. The molecule has 2 aliphatic heterocycles. The lowest BCUT2D eigenvalue weighted by molar-refractivity contribution is -0.192. The zero-order valence-corrected chi connectivity index (χ0v) is 13.8. The van der Waals surface area contributed by atoms with Gasteiger partial charge in [0.25, 0.3) is 0 Å². The Balaban J connectivity index is 1.68. The molecule has 2 heterocycles. The molecule has 1 aliphatic carbocycles. The normalized spacial score (nSPS) is 36.9. The Kier molecular flexibility index (Phi) is 4.86. The van der Waals surface area contributed by atoms with Gasteiger partial charge in [0, 0.05) is 44.1 Å². The summed E-state index contributed by atoms with van der Waals surface area (Å²) >= 11 is 0. The Morgan fingerprint density at radius 1 is 1.24 bits per heavy atom. The molecule has 21 heavy (non-hydrogen) atoms. The molecule has 3 unspecified atom stereocenters. The summed E-state index contributed by atoms with van der Waals surface area (Å²) in [5.74, 6) is -0.285. The average molecular weight is 297 g/mol. The standard InChI is InChI=1S/C16H31N3O2/c1-4-17-14-5-7-16(20-9-10-21-16)11-15(14)19-8-6-13(12-19)18(2)3/h13-15,17H,4-12H2,1-3H3. The van der Waals surface area contributed by atoms with Crippen LogP contribution in [0.1, 0.15) is 32.6 Å². The number of hydrogen-bond donors (Lipinski definition) is 1. The molecule has 1 saturated carbocycles. The van der Waals surface area contributed by atoms with E-state index in [-0.39, 0.29) is 5.79 Å². The molecule has 122 valence electrons. The third-order valence-electron chi connectivity index (χ3n) is 5.49. The van der Waals surface area contributed by atoms with Gasteiger partial charge in [-0.3, -0.25) is 4.90 Å². The molecule has 3 rings (SSSR count). The molecule has 3 atom stereocenters. The third-order valence-corrected chi connectivity index (χ3v) is 5.49. The highest BCUT2D eigenvalue weighted by molar-refractivity contribution is 4.99. The lowest BCUT2D eigenvalue weighted by atomic mass is 9.84. The van der Waals surface area contributed by atoms with Crippen LogP contribution in [0.2, 0.25) is 0 Å². The summed E-state index contributed by atoms with van der Waals surface area (Å²) < 4.78 is 12.0. The van der Waals surface area contributed by atoms with Gasteiger partial charge in [0.15, 0.2) is 5.79 Å². The summed E-state index contributed by atoms with van der Waals surface area (Å²) in [4.78, 5) is 5.04. The smallest absolute Gasteiger partial charge is 0.170 e. The van der Waals surface area contributed by atoms with E-state index in [1.54, 1.807) is 0 Å². The summed E-state index contributed by atoms with van der Waals surface area (Å²) in [6, 6.07) is 1.81. The van der Waals surface area contributed by atoms with Gasteiger partial charge in [0.1, 0.15) is 0 Å². The maximum absolute atomic E-state index is 5.98. The van der Waals surface area contributed by atoms with Gasteiger partial charge in [0.2, 0.25) is 0 Å². The van der Waals surface area contributed by atoms with Crippen molar-refractivity contribution in [3.63, 3.8) is 0 Å². The highest BCUT2D eigenvalue weighted by Gasteiger charge is 2.47. The van der Waals surface area contributed by atoms with Gasteiger partial charge in [0.05, 0.1) is 13.2 Å². The maximum Gasteiger partial charge on any atom is 0.170 e. The largest absolute Gasteiger partial charge is 0.347 e. The Hall–Kier alpha value is -0.200. The van der Waals surface area contributed by atoms with Gasteiger partial charge in [-0.2, -0.15) is 0 Å². The van der Waals surface area contributed by atoms with E-state index >= 15 is 0 Å². The molecule has 0 aromatic rings. The van der Waals surface area contributed by atoms with Gasteiger partial charge in [-0.05, 0) is 33.5 Å². The molecule has 3 aliphatic rings. The first kappa shape index (κ1) is 15.7. The fourth-order valence-corrected chi connectivity index (χ4v) is 4.26. The van der Waals surface area contributed by atoms with Crippen molar-refractivity contribution < 1.29 is 9.47 Å². The Morgan fingerprint density at radius 2 is 2.00 bits per heavy atom. The predicted molar refractivity (Wildman–Crippen MR) is 83.4 cm³/mol. The van der Waals surface area contributed by atoms with Crippen molar-refractivity contribution in [3.05, 3.63) is 0 Å². The molecule has 0 aromatic heterocycles. The van der Waals surface area contributed by atoms with Crippen molar-refractivity contribution >= 4 is 0 Å². The van der Waals surface area contributed by atoms with Crippen molar-refractivity contribution in [3.8, 4) is 0 Å². The Bertz CT molecular complexity index is 344. The molecule has 0 aromatic carbocycles. The van der Waals surface area contributed by atoms with Crippen molar-refractivity contribution in [2.24, 2.45) is 0 Å². The van der Waals surface area contributed by atoms with Gasteiger partial charge < -0.3 is 19.7 Å². The monoisotopic (exact) mass is 297 g/mol. The van der Waals surface area contributed by atoms with Crippen LogP contribution < -0.4 is 5.32 Å². The van der Waals surface area contributed by atoms with E-state index in [0.717, 1.165) is 39.0 Å². The zero-order valence-electron chi connectivity index (χ0n) is 13.8. The topological polar surface area (TPSA) is 37.0 Å². The molecule has 0 bridgehead atoms. The molecular formula is C16H31N3O2. The molecule has 1 spiro atoms. The predicted octanol–water partition coefficient (Wildman–Crippen LogP) is 0.896. The summed E-state index contributed by atoms with van der Waals surface area (Å²) in [6.07, 6.45) is 4.48. The van der Waals surface area contributed by atoms with E-state index < -0.39 is 0 Å². The van der Waals surface area contributed by atoms with Crippen LogP contribution in [-0.2, 0) is 9.47 Å². The van der Waals surface area contributed by atoms with Gasteiger partial charge in [-0.1, -0.05) is 6.92 Å². The fourth-order valence-electron chi connectivity index (χ4n) is 4.26. The first-order valence-corrected chi connectivity index (χ1v) is 8.55. The first-order valence-electron chi connectivity index (χ1n) is 8.55. The van der Waals surface area contributed by atoms with Crippen LogP contribution in [0.5, 0.6) is 0 Å². The second kappa shape index (κ2) is 6.50. The van der Waals surface area contributed by atoms with Crippen LogP contribution >= 0.6 is 0 Å². The van der Waals surface area contributed by atoms with Crippen molar-refractivity contribution in [2.75, 3.05) is 46.9 Å². The molecule has 5 heteroatoms. The van der Waals surface area contributed by atoms with E-state index in [4.69, 9.17) is 9.47 Å². The molecule has 0 radical (unpaired) electrons. The van der Waals surface area contributed by atoms with Crippen LogP contribution in [0.3, 0.4) is 0 Å². The van der Waals surface area contributed by atoms with Crippen LogP contribution in [-0.4, -0.2) is 80.7 Å². The molecular weight excluding hydrogens is 266 g/mol. The number of likely N-dealkylation sites (N-methyl/N-ethyl adjacent to an activating group) is 2. The number of hydrogen-bond acceptors (Lipinski definition) is 5. The van der Waals surface area contributed by atoms with Gasteiger partial charge in [-0.25, -0.2) is 0 Å². The van der Waals surface area contributed by atoms with Crippen LogP contribution in [0, 0.1) is 0 Å². The minimum atomic E-state index is -0.285. The van der Waals surface area contributed by atoms with E-state index in [0.29, 0.717) is 18.1 Å². The number of nitrogens with zero attached hydrogens (tertiary/aromatic N) is 2. The van der Waals surface area contributed by atoms with Crippen molar-refractivity contribution in [2.45, 2.75) is 56.5 Å². The molecule has 3 fully saturated rings. The summed E-state index contributed by atoms with van der Waals surface area (Å²) in [7, 11) is 4.39. The zero-order chi connectivity index (χ0) is 14.9. The van der Waals surface area contributed by atoms with E-state index in [9.17, 15) is 0 Å². The molecule has 0 amide bonds. The number of rotatable bonds is 4. The van der Waals surface area contributed by atoms with Crippen LogP contribution in [0.15, 0.2) is 0 Å². The van der Waals surface area contributed by atoms with E-state index in [1.807, 2.05) is 0 Å².